The Morgan fingerprint density at radius 3 is 2.55 bits per heavy atom. The quantitative estimate of drug-likeness (QED) is 0.757. The van der Waals surface area contributed by atoms with Gasteiger partial charge in [0.05, 0.1) is 19.1 Å². The molecule has 1 aliphatic rings. The van der Waals surface area contributed by atoms with Crippen LogP contribution in [0.2, 0.25) is 0 Å². The van der Waals surface area contributed by atoms with Crippen LogP contribution in [0, 0.1) is 5.92 Å². The molecule has 0 spiro atoms. The minimum atomic E-state index is -0.673. The molecule has 2 amide bonds. The van der Waals surface area contributed by atoms with Crippen LogP contribution in [-0.2, 0) is 14.3 Å². The smallest absolute Gasteiger partial charge is 0.288 e. The van der Waals surface area contributed by atoms with Crippen LogP contribution in [0.3, 0.4) is 0 Å². The molecule has 1 saturated heterocycles. The summed E-state index contributed by atoms with van der Waals surface area (Å²) < 4.78 is 10.8. The monoisotopic (exact) mass is 279 g/mol. The molecule has 1 aliphatic heterocycles. The van der Waals surface area contributed by atoms with Crippen LogP contribution in [0.5, 0.6) is 0 Å². The Kier molecular flexibility index (Phi) is 4.31. The fourth-order valence-corrected chi connectivity index (χ4v) is 1.63. The number of nitrogens with zero attached hydrogens (tertiary/aromatic N) is 1. The number of carbonyl (C=O) groups excluding carboxylic acids is 2. The molecular formula is C13H17N3O4. The summed E-state index contributed by atoms with van der Waals surface area (Å²) in [5, 5.41) is 0. The molecular weight excluding hydrogens is 262 g/mol. The van der Waals surface area contributed by atoms with E-state index in [4.69, 9.17) is 9.47 Å². The standard InChI is InChI=1S/C13H17N3O4/c1-13(2)19-7-9(8-20-13)11(17)15-16-12(18)10-5-3-4-6-14-10/h3-6,9H,7-8H2,1-2H3,(H,15,17)(H,16,18). The third-order valence-corrected chi connectivity index (χ3v) is 2.83. The number of pyridine rings is 1. The van der Waals surface area contributed by atoms with E-state index in [0.29, 0.717) is 0 Å². The van der Waals surface area contributed by atoms with Gasteiger partial charge in [-0.2, -0.15) is 0 Å². The van der Waals surface area contributed by atoms with E-state index in [1.807, 2.05) is 0 Å². The highest BCUT2D eigenvalue weighted by molar-refractivity contribution is 5.93. The summed E-state index contributed by atoms with van der Waals surface area (Å²) in [5.74, 6) is -1.96. The van der Waals surface area contributed by atoms with Crippen molar-refractivity contribution in [3.63, 3.8) is 0 Å². The van der Waals surface area contributed by atoms with Crippen molar-refractivity contribution in [1.29, 1.82) is 0 Å². The largest absolute Gasteiger partial charge is 0.350 e. The zero-order chi connectivity index (χ0) is 14.6. The van der Waals surface area contributed by atoms with E-state index in [1.165, 1.54) is 6.20 Å². The Morgan fingerprint density at radius 2 is 1.95 bits per heavy atom. The maximum Gasteiger partial charge on any atom is 0.288 e. The first kappa shape index (κ1) is 14.4. The van der Waals surface area contributed by atoms with Gasteiger partial charge in [-0.1, -0.05) is 6.07 Å². The van der Waals surface area contributed by atoms with Crippen LogP contribution in [0.4, 0.5) is 0 Å². The molecule has 0 atom stereocenters. The van der Waals surface area contributed by atoms with Crippen molar-refractivity contribution in [3.05, 3.63) is 30.1 Å². The van der Waals surface area contributed by atoms with Gasteiger partial charge in [-0.25, -0.2) is 0 Å². The fraction of sp³-hybridized carbons (Fsp3) is 0.462. The molecule has 0 aliphatic carbocycles. The van der Waals surface area contributed by atoms with Crippen molar-refractivity contribution in [1.82, 2.24) is 15.8 Å². The molecule has 2 heterocycles. The van der Waals surface area contributed by atoms with E-state index in [0.717, 1.165) is 0 Å². The summed E-state index contributed by atoms with van der Waals surface area (Å²) in [6, 6.07) is 4.94. The Hall–Kier alpha value is -1.99. The van der Waals surface area contributed by atoms with Crippen molar-refractivity contribution < 1.29 is 19.1 Å². The normalized spacial score (nSPS) is 18.3. The Balaban J connectivity index is 1.80. The lowest BCUT2D eigenvalue weighted by Crippen LogP contribution is -2.50. The molecule has 0 saturated carbocycles. The lowest BCUT2D eigenvalue weighted by molar-refractivity contribution is -0.259. The predicted octanol–water partition coefficient (Wildman–Crippen LogP) is 0.242. The Morgan fingerprint density at radius 1 is 1.25 bits per heavy atom. The minimum absolute atomic E-state index is 0.227. The van der Waals surface area contributed by atoms with Gasteiger partial charge in [0.25, 0.3) is 5.91 Å². The van der Waals surface area contributed by atoms with Gasteiger partial charge in [0.1, 0.15) is 5.69 Å². The lowest BCUT2D eigenvalue weighted by Gasteiger charge is -2.34. The molecule has 0 aromatic carbocycles. The number of ether oxygens (including phenoxy) is 2. The molecule has 2 rings (SSSR count). The van der Waals surface area contributed by atoms with Crippen LogP contribution < -0.4 is 10.9 Å². The second-order valence-electron chi connectivity index (χ2n) is 4.88. The predicted molar refractivity (Wildman–Crippen MR) is 69.3 cm³/mol. The SMILES string of the molecule is CC1(C)OCC(C(=O)NNC(=O)c2ccccn2)CO1. The highest BCUT2D eigenvalue weighted by atomic mass is 16.7. The van der Waals surface area contributed by atoms with E-state index in [2.05, 4.69) is 15.8 Å². The molecule has 0 radical (unpaired) electrons. The maximum absolute atomic E-state index is 11.8. The molecule has 7 heteroatoms. The number of nitrogens with one attached hydrogen (secondary N) is 2. The first-order chi connectivity index (χ1) is 9.48. The van der Waals surface area contributed by atoms with Gasteiger partial charge in [0.15, 0.2) is 5.79 Å². The van der Waals surface area contributed by atoms with Crippen LogP contribution >= 0.6 is 0 Å². The topological polar surface area (TPSA) is 89.6 Å². The zero-order valence-corrected chi connectivity index (χ0v) is 11.4. The molecule has 1 aromatic heterocycles. The summed E-state index contributed by atoms with van der Waals surface area (Å²) in [5.41, 5.74) is 4.87. The molecule has 108 valence electrons. The molecule has 2 N–H and O–H groups in total. The van der Waals surface area contributed by atoms with E-state index in [1.54, 1.807) is 32.0 Å². The highest BCUT2D eigenvalue weighted by Crippen LogP contribution is 2.20. The number of hydrogen-bond donors (Lipinski definition) is 2. The molecule has 0 unspecified atom stereocenters. The molecule has 1 fully saturated rings. The van der Waals surface area contributed by atoms with Crippen molar-refractivity contribution in [2.75, 3.05) is 13.2 Å². The van der Waals surface area contributed by atoms with E-state index in [-0.39, 0.29) is 24.8 Å². The third-order valence-electron chi connectivity index (χ3n) is 2.83. The number of amides is 2. The first-order valence-corrected chi connectivity index (χ1v) is 6.27. The van der Waals surface area contributed by atoms with Crippen molar-refractivity contribution >= 4 is 11.8 Å². The Bertz CT molecular complexity index is 480. The molecule has 20 heavy (non-hydrogen) atoms. The summed E-state index contributed by atoms with van der Waals surface area (Å²) in [6.07, 6.45) is 1.50. The van der Waals surface area contributed by atoms with E-state index < -0.39 is 17.6 Å². The lowest BCUT2D eigenvalue weighted by atomic mass is 10.1. The molecule has 0 bridgehead atoms. The average Bonchev–Trinajstić information content (AvgIpc) is 2.45. The second kappa shape index (κ2) is 5.98. The summed E-state index contributed by atoms with van der Waals surface area (Å²) in [6.45, 7) is 4.06. The molecule has 1 aromatic rings. The van der Waals surface area contributed by atoms with Gasteiger partial charge in [0.2, 0.25) is 5.91 Å². The average molecular weight is 279 g/mol. The van der Waals surface area contributed by atoms with Crippen molar-refractivity contribution in [3.8, 4) is 0 Å². The van der Waals surface area contributed by atoms with Crippen LogP contribution in [0.1, 0.15) is 24.3 Å². The van der Waals surface area contributed by atoms with Gasteiger partial charge < -0.3 is 9.47 Å². The highest BCUT2D eigenvalue weighted by Gasteiger charge is 2.32. The number of aromatic nitrogens is 1. The third kappa shape index (κ3) is 3.75. The van der Waals surface area contributed by atoms with Crippen molar-refractivity contribution in [2.45, 2.75) is 19.6 Å². The first-order valence-electron chi connectivity index (χ1n) is 6.27. The summed E-state index contributed by atoms with van der Waals surface area (Å²) >= 11 is 0. The Labute approximate surface area is 116 Å². The van der Waals surface area contributed by atoms with Crippen LogP contribution in [0.25, 0.3) is 0 Å². The summed E-state index contributed by atoms with van der Waals surface area (Å²) in [4.78, 5) is 27.4. The molecule has 7 nitrogen and oxygen atoms in total. The zero-order valence-electron chi connectivity index (χ0n) is 11.4. The van der Waals surface area contributed by atoms with Gasteiger partial charge in [0, 0.05) is 6.20 Å². The number of hydrazine groups is 1. The van der Waals surface area contributed by atoms with Gasteiger partial charge in [-0.3, -0.25) is 25.4 Å². The van der Waals surface area contributed by atoms with Gasteiger partial charge in [-0.15, -0.1) is 0 Å². The fourth-order valence-electron chi connectivity index (χ4n) is 1.63. The second-order valence-corrected chi connectivity index (χ2v) is 4.88. The van der Waals surface area contributed by atoms with Crippen LogP contribution in [-0.4, -0.2) is 35.8 Å². The summed E-state index contributed by atoms with van der Waals surface area (Å²) in [7, 11) is 0. The van der Waals surface area contributed by atoms with E-state index >= 15 is 0 Å². The number of carbonyl (C=O) groups is 2. The number of rotatable bonds is 2. The van der Waals surface area contributed by atoms with E-state index in [9.17, 15) is 9.59 Å². The maximum atomic E-state index is 11.8. The van der Waals surface area contributed by atoms with Gasteiger partial charge >= 0.3 is 0 Å². The number of hydrogen-bond acceptors (Lipinski definition) is 5. The van der Waals surface area contributed by atoms with Crippen LogP contribution in [0.15, 0.2) is 24.4 Å². The minimum Gasteiger partial charge on any atom is -0.350 e. The van der Waals surface area contributed by atoms with Gasteiger partial charge in [-0.05, 0) is 26.0 Å². The van der Waals surface area contributed by atoms with Crippen molar-refractivity contribution in [2.24, 2.45) is 5.92 Å².